The second-order valence-electron chi connectivity index (χ2n) is 6.82. The zero-order valence-corrected chi connectivity index (χ0v) is 13.9. The smallest absolute Gasteiger partial charge is 0.248 e. The fourth-order valence-corrected chi connectivity index (χ4v) is 3.59. The SMILES string of the molecule is Cc1cccc(NC2(C(=O)N3CCOCC3)CCC(N)CC2)c1. The third-order valence-electron chi connectivity index (χ3n) is 4.99. The molecular formula is C18H27N3O2. The maximum absolute atomic E-state index is 13.2. The molecule has 1 aromatic rings. The number of hydrogen-bond acceptors (Lipinski definition) is 4. The average molecular weight is 317 g/mol. The second-order valence-corrected chi connectivity index (χ2v) is 6.82. The van der Waals surface area contributed by atoms with Crippen LogP contribution < -0.4 is 11.1 Å². The van der Waals surface area contributed by atoms with Crippen LogP contribution in [0.25, 0.3) is 0 Å². The number of carbonyl (C=O) groups is 1. The summed E-state index contributed by atoms with van der Waals surface area (Å²) < 4.78 is 5.39. The van der Waals surface area contributed by atoms with Crippen LogP contribution in [0.5, 0.6) is 0 Å². The Morgan fingerprint density at radius 1 is 1.30 bits per heavy atom. The van der Waals surface area contributed by atoms with Crippen LogP contribution >= 0.6 is 0 Å². The van der Waals surface area contributed by atoms with Crippen molar-refractivity contribution in [2.45, 2.75) is 44.2 Å². The number of carbonyl (C=O) groups excluding carboxylic acids is 1. The lowest BCUT2D eigenvalue weighted by Crippen LogP contribution is -2.58. The van der Waals surface area contributed by atoms with E-state index in [0.29, 0.717) is 26.3 Å². The number of rotatable bonds is 3. The van der Waals surface area contributed by atoms with Crippen molar-refractivity contribution in [2.75, 3.05) is 31.6 Å². The first-order valence-corrected chi connectivity index (χ1v) is 8.57. The number of nitrogens with zero attached hydrogens (tertiary/aromatic N) is 1. The predicted octanol–water partition coefficient (Wildman–Crippen LogP) is 1.91. The van der Waals surface area contributed by atoms with Crippen LogP contribution in [0, 0.1) is 6.92 Å². The molecular weight excluding hydrogens is 290 g/mol. The summed E-state index contributed by atoms with van der Waals surface area (Å²) in [6.45, 7) is 4.69. The Hall–Kier alpha value is -1.59. The molecule has 126 valence electrons. The highest BCUT2D eigenvalue weighted by Gasteiger charge is 2.43. The molecule has 0 radical (unpaired) electrons. The van der Waals surface area contributed by atoms with Crippen LogP contribution in [0.1, 0.15) is 31.2 Å². The van der Waals surface area contributed by atoms with Crippen molar-refractivity contribution < 1.29 is 9.53 Å². The van der Waals surface area contributed by atoms with Crippen LogP contribution in [-0.4, -0.2) is 48.7 Å². The van der Waals surface area contributed by atoms with E-state index in [0.717, 1.165) is 31.4 Å². The number of ether oxygens (including phenoxy) is 1. The van der Waals surface area contributed by atoms with Crippen molar-refractivity contribution in [2.24, 2.45) is 5.73 Å². The Bertz CT molecular complexity index is 547. The maximum atomic E-state index is 13.2. The highest BCUT2D eigenvalue weighted by Crippen LogP contribution is 2.33. The summed E-state index contributed by atoms with van der Waals surface area (Å²) >= 11 is 0. The van der Waals surface area contributed by atoms with Crippen molar-refractivity contribution in [1.82, 2.24) is 4.90 Å². The third-order valence-corrected chi connectivity index (χ3v) is 4.99. The fourth-order valence-electron chi connectivity index (χ4n) is 3.59. The molecule has 1 aliphatic carbocycles. The largest absolute Gasteiger partial charge is 0.378 e. The molecule has 1 aliphatic heterocycles. The lowest BCUT2D eigenvalue weighted by molar-refractivity contribution is -0.141. The van der Waals surface area contributed by atoms with Gasteiger partial charge in [0.1, 0.15) is 5.54 Å². The molecule has 23 heavy (non-hydrogen) atoms. The van der Waals surface area contributed by atoms with Crippen LogP contribution in [0.15, 0.2) is 24.3 Å². The average Bonchev–Trinajstić information content (AvgIpc) is 2.57. The zero-order chi connectivity index (χ0) is 16.3. The summed E-state index contributed by atoms with van der Waals surface area (Å²) in [6, 6.07) is 8.44. The van der Waals surface area contributed by atoms with Crippen LogP contribution in [0.4, 0.5) is 5.69 Å². The number of anilines is 1. The van der Waals surface area contributed by atoms with Crippen LogP contribution in [-0.2, 0) is 9.53 Å². The summed E-state index contributed by atoms with van der Waals surface area (Å²) in [5, 5.41) is 3.57. The van der Waals surface area contributed by atoms with Crippen LogP contribution in [0.3, 0.4) is 0 Å². The first-order valence-electron chi connectivity index (χ1n) is 8.57. The highest BCUT2D eigenvalue weighted by atomic mass is 16.5. The van der Waals surface area contributed by atoms with Gasteiger partial charge in [0.05, 0.1) is 13.2 Å². The Morgan fingerprint density at radius 2 is 2.00 bits per heavy atom. The minimum atomic E-state index is -0.527. The van der Waals surface area contributed by atoms with Gasteiger partial charge in [0, 0.05) is 24.8 Å². The number of morpholine rings is 1. The quantitative estimate of drug-likeness (QED) is 0.893. The molecule has 0 atom stereocenters. The van der Waals surface area contributed by atoms with Crippen molar-refractivity contribution in [3.05, 3.63) is 29.8 Å². The molecule has 2 aliphatic rings. The summed E-state index contributed by atoms with van der Waals surface area (Å²) in [7, 11) is 0. The molecule has 0 spiro atoms. The fraction of sp³-hybridized carbons (Fsp3) is 0.611. The van der Waals surface area contributed by atoms with Gasteiger partial charge in [0.15, 0.2) is 0 Å². The molecule has 0 bridgehead atoms. The van der Waals surface area contributed by atoms with Crippen LogP contribution in [0.2, 0.25) is 0 Å². The van der Waals surface area contributed by atoms with E-state index in [1.165, 1.54) is 5.56 Å². The normalized spacial score (nSPS) is 28.4. The Labute approximate surface area is 138 Å². The molecule has 5 heteroatoms. The lowest BCUT2D eigenvalue weighted by Gasteiger charge is -2.43. The van der Waals surface area contributed by atoms with Gasteiger partial charge in [-0.25, -0.2) is 0 Å². The van der Waals surface area contributed by atoms with E-state index in [2.05, 4.69) is 24.4 Å². The molecule has 0 aromatic heterocycles. The Morgan fingerprint density at radius 3 is 2.65 bits per heavy atom. The topological polar surface area (TPSA) is 67.6 Å². The van der Waals surface area contributed by atoms with Crippen molar-refractivity contribution in [1.29, 1.82) is 0 Å². The van der Waals surface area contributed by atoms with E-state index in [-0.39, 0.29) is 11.9 Å². The van der Waals surface area contributed by atoms with Gasteiger partial charge in [0.2, 0.25) is 5.91 Å². The Balaban J connectivity index is 1.83. The minimum Gasteiger partial charge on any atom is -0.378 e. The van der Waals surface area contributed by atoms with Crippen molar-refractivity contribution >= 4 is 11.6 Å². The monoisotopic (exact) mass is 317 g/mol. The molecule has 3 rings (SSSR count). The van der Waals surface area contributed by atoms with Gasteiger partial charge >= 0.3 is 0 Å². The Kier molecular flexibility index (Phi) is 4.87. The molecule has 1 saturated carbocycles. The number of nitrogens with one attached hydrogen (secondary N) is 1. The van der Waals surface area contributed by atoms with Crippen molar-refractivity contribution in [3.8, 4) is 0 Å². The summed E-state index contributed by atoms with van der Waals surface area (Å²) in [4.78, 5) is 15.2. The molecule has 1 amide bonds. The molecule has 1 heterocycles. The first-order chi connectivity index (χ1) is 11.1. The molecule has 1 aromatic carbocycles. The van der Waals surface area contributed by atoms with E-state index >= 15 is 0 Å². The lowest BCUT2D eigenvalue weighted by atomic mass is 9.78. The number of benzene rings is 1. The van der Waals surface area contributed by atoms with Gasteiger partial charge < -0.3 is 20.7 Å². The van der Waals surface area contributed by atoms with E-state index in [1.54, 1.807) is 0 Å². The molecule has 3 N–H and O–H groups in total. The van der Waals surface area contributed by atoms with Gasteiger partial charge in [-0.1, -0.05) is 12.1 Å². The first kappa shape index (κ1) is 16.3. The zero-order valence-electron chi connectivity index (χ0n) is 13.9. The molecule has 0 unspecified atom stereocenters. The summed E-state index contributed by atoms with van der Waals surface area (Å²) in [5.74, 6) is 0.203. The van der Waals surface area contributed by atoms with Gasteiger partial charge in [0.25, 0.3) is 0 Å². The standard InChI is InChI=1S/C18H27N3O2/c1-14-3-2-4-16(13-14)20-18(7-5-15(19)6-8-18)17(22)21-9-11-23-12-10-21/h2-4,13,15,20H,5-12,19H2,1H3. The van der Waals surface area contributed by atoms with Crippen molar-refractivity contribution in [3.63, 3.8) is 0 Å². The molecule has 2 fully saturated rings. The predicted molar refractivity (Wildman–Crippen MR) is 91.4 cm³/mol. The number of hydrogen-bond donors (Lipinski definition) is 2. The molecule has 1 saturated heterocycles. The summed E-state index contributed by atoms with van der Waals surface area (Å²) in [5.41, 5.74) is 7.76. The van der Waals surface area contributed by atoms with Gasteiger partial charge in [-0.2, -0.15) is 0 Å². The van der Waals surface area contributed by atoms with E-state index in [1.807, 2.05) is 17.0 Å². The number of nitrogens with two attached hydrogens (primary N) is 1. The number of amides is 1. The molecule has 5 nitrogen and oxygen atoms in total. The van der Waals surface area contributed by atoms with Gasteiger partial charge in [-0.05, 0) is 50.3 Å². The number of aryl methyl sites for hydroxylation is 1. The van der Waals surface area contributed by atoms with E-state index in [9.17, 15) is 4.79 Å². The van der Waals surface area contributed by atoms with Gasteiger partial charge in [-0.3, -0.25) is 4.79 Å². The van der Waals surface area contributed by atoms with E-state index < -0.39 is 5.54 Å². The maximum Gasteiger partial charge on any atom is 0.248 e. The highest BCUT2D eigenvalue weighted by molar-refractivity contribution is 5.89. The van der Waals surface area contributed by atoms with Gasteiger partial charge in [-0.15, -0.1) is 0 Å². The minimum absolute atomic E-state index is 0.203. The summed E-state index contributed by atoms with van der Waals surface area (Å²) in [6.07, 6.45) is 3.35. The second kappa shape index (κ2) is 6.89. The third kappa shape index (κ3) is 3.67. The van der Waals surface area contributed by atoms with E-state index in [4.69, 9.17) is 10.5 Å².